The van der Waals surface area contributed by atoms with E-state index in [9.17, 15) is 14.9 Å². The molecule has 0 saturated heterocycles. The summed E-state index contributed by atoms with van der Waals surface area (Å²) in [6.45, 7) is 8.30. The van der Waals surface area contributed by atoms with Crippen LogP contribution in [0.25, 0.3) is 21.6 Å². The number of nitriles is 1. The van der Waals surface area contributed by atoms with Gasteiger partial charge in [-0.1, -0.05) is 84.9 Å². The lowest BCUT2D eigenvalue weighted by molar-refractivity contribution is -0.136. The van der Waals surface area contributed by atoms with E-state index in [2.05, 4.69) is 23.0 Å². The maximum atomic E-state index is 11.9. The van der Waals surface area contributed by atoms with Crippen LogP contribution in [-0.2, 0) is 9.59 Å². The van der Waals surface area contributed by atoms with Crippen LogP contribution in [-0.4, -0.2) is 37.0 Å². The molecule has 0 unspecified atom stereocenters. The van der Waals surface area contributed by atoms with E-state index in [0.717, 1.165) is 49.6 Å². The molecule has 0 saturated carbocycles. The highest BCUT2D eigenvalue weighted by molar-refractivity contribution is 7.11. The molecule has 0 radical (unpaired) electrons. The first-order valence-electron chi connectivity index (χ1n) is 15.9. The Balaban J connectivity index is 1.40. The molecular weight excluding hydrogens is 643 g/mol. The number of carbonyl (C=O) groups is 2. The van der Waals surface area contributed by atoms with Crippen LogP contribution in [0.4, 0.5) is 0 Å². The van der Waals surface area contributed by atoms with Crippen LogP contribution >= 0.6 is 11.3 Å². The van der Waals surface area contributed by atoms with Crippen molar-refractivity contribution in [2.24, 2.45) is 0 Å². The second-order valence-corrected chi connectivity index (χ2v) is 12.2. The molecule has 2 heterocycles. The molecule has 2 amide bonds. The van der Waals surface area contributed by atoms with Gasteiger partial charge in [-0.25, -0.2) is 10.1 Å². The van der Waals surface area contributed by atoms with E-state index < -0.39 is 0 Å². The average Bonchev–Trinajstić information content (AvgIpc) is 3.81. The Morgan fingerprint density at radius 1 is 0.720 bits per heavy atom. The molecule has 5 aromatic rings. The summed E-state index contributed by atoms with van der Waals surface area (Å²) in [4.78, 5) is 29.3. The van der Waals surface area contributed by atoms with Crippen molar-refractivity contribution in [1.82, 2.24) is 4.90 Å². The van der Waals surface area contributed by atoms with Crippen LogP contribution in [0.15, 0.2) is 138 Å². The van der Waals surface area contributed by atoms with E-state index >= 15 is 0 Å². The molecular formula is C42H31N3O4S. The molecule has 6 rings (SSSR count). The van der Waals surface area contributed by atoms with Gasteiger partial charge in [0.05, 0.1) is 26.4 Å². The first kappa shape index (κ1) is 33.4. The van der Waals surface area contributed by atoms with Gasteiger partial charge in [-0.15, -0.1) is 11.3 Å². The highest BCUT2D eigenvalue weighted by Gasteiger charge is 2.22. The van der Waals surface area contributed by atoms with Crippen molar-refractivity contribution in [3.05, 3.63) is 183 Å². The fourth-order valence-corrected chi connectivity index (χ4v) is 6.61. The minimum absolute atomic E-state index is 0.0512. The van der Waals surface area contributed by atoms with Gasteiger partial charge >= 0.3 is 0 Å². The van der Waals surface area contributed by atoms with Crippen LogP contribution in [0, 0.1) is 17.9 Å². The molecule has 0 spiro atoms. The lowest BCUT2D eigenvalue weighted by Crippen LogP contribution is -2.31. The van der Waals surface area contributed by atoms with E-state index in [1.54, 1.807) is 7.11 Å². The van der Waals surface area contributed by atoms with Crippen molar-refractivity contribution in [2.45, 2.75) is 6.42 Å². The second kappa shape index (κ2) is 15.6. The van der Waals surface area contributed by atoms with Crippen LogP contribution in [0.2, 0.25) is 0 Å². The van der Waals surface area contributed by atoms with Crippen LogP contribution < -0.4 is 9.47 Å². The normalized spacial score (nSPS) is 13.3. The fraction of sp³-hybridized carbons (Fsp3) is 0.0952. The summed E-state index contributed by atoms with van der Waals surface area (Å²) in [7, 11) is 1.64. The zero-order valence-electron chi connectivity index (χ0n) is 27.2. The first-order valence-corrected chi connectivity index (χ1v) is 16.8. The van der Waals surface area contributed by atoms with Gasteiger partial charge in [0.25, 0.3) is 17.5 Å². The van der Waals surface area contributed by atoms with Crippen molar-refractivity contribution >= 4 is 39.9 Å². The number of hydrogen-bond donors (Lipinski definition) is 0. The lowest BCUT2D eigenvalue weighted by Gasteiger charge is -2.19. The summed E-state index contributed by atoms with van der Waals surface area (Å²) < 4.78 is 11.5. The monoisotopic (exact) mass is 673 g/mol. The van der Waals surface area contributed by atoms with E-state index in [4.69, 9.17) is 16.0 Å². The standard InChI is InChI=1S/C42H31N3O4S/c1-44-36(28-43)42(37-10-6-27-50-37)33-13-11-30(12-14-33)40(29-8-4-3-5-9-29)41(31-15-19-34(48-2)20-16-31)32-17-21-35(22-18-32)49-26-7-25-45-38(46)23-24-39(45)47/h3-6,8-24,27H,7,25-26H2,2H3/b41-40?,42-36+. The smallest absolute Gasteiger partial charge is 0.270 e. The summed E-state index contributed by atoms with van der Waals surface area (Å²) >= 11 is 1.49. The second-order valence-electron chi connectivity index (χ2n) is 11.2. The molecule has 1 aromatic heterocycles. The van der Waals surface area contributed by atoms with Crippen LogP contribution in [0.5, 0.6) is 11.5 Å². The maximum absolute atomic E-state index is 11.9. The topological polar surface area (TPSA) is 84.0 Å². The minimum atomic E-state index is -0.296. The number of ether oxygens (including phenoxy) is 2. The molecule has 4 aromatic carbocycles. The molecule has 244 valence electrons. The van der Waals surface area contributed by atoms with Crippen molar-refractivity contribution in [3.63, 3.8) is 0 Å². The summed E-state index contributed by atoms with van der Waals surface area (Å²) in [5.41, 5.74) is 7.36. The van der Waals surface area contributed by atoms with Crippen molar-refractivity contribution in [1.29, 1.82) is 5.26 Å². The Morgan fingerprint density at radius 3 is 1.74 bits per heavy atom. The van der Waals surface area contributed by atoms with Gasteiger partial charge in [-0.2, -0.15) is 0 Å². The molecule has 1 aliphatic rings. The number of amides is 2. The Kier molecular flexibility index (Phi) is 10.4. The molecule has 0 aliphatic carbocycles. The summed E-state index contributed by atoms with van der Waals surface area (Å²) in [6, 6.07) is 40.0. The number of carbonyl (C=O) groups excluding carboxylic acids is 2. The Hall–Kier alpha value is -6.48. The number of benzene rings is 4. The van der Waals surface area contributed by atoms with Crippen LogP contribution in [0.1, 0.15) is 39.1 Å². The van der Waals surface area contributed by atoms with Crippen molar-refractivity contribution in [2.75, 3.05) is 20.3 Å². The molecule has 0 bridgehead atoms. The predicted molar refractivity (Wildman–Crippen MR) is 196 cm³/mol. The van der Waals surface area contributed by atoms with E-state index in [1.165, 1.54) is 28.4 Å². The van der Waals surface area contributed by atoms with Crippen molar-refractivity contribution in [3.8, 4) is 17.6 Å². The number of thiophene rings is 1. The SMILES string of the molecule is [C-]#[N+]/C(C#N)=C(\c1ccc(C(=C(c2ccc(OC)cc2)c2ccc(OCCCN3C(=O)C=CC3=O)cc2)c2ccccc2)cc1)c1cccs1. The molecule has 0 fully saturated rings. The van der Waals surface area contributed by atoms with E-state index in [1.807, 2.05) is 109 Å². The Bertz CT molecular complexity index is 2140. The first-order chi connectivity index (χ1) is 24.5. The van der Waals surface area contributed by atoms with Gasteiger partial charge in [0.1, 0.15) is 11.5 Å². The van der Waals surface area contributed by atoms with Gasteiger partial charge in [-0.3, -0.25) is 14.5 Å². The third-order valence-electron chi connectivity index (χ3n) is 8.21. The van der Waals surface area contributed by atoms with E-state index in [0.29, 0.717) is 30.9 Å². The fourth-order valence-electron chi connectivity index (χ4n) is 5.81. The van der Waals surface area contributed by atoms with E-state index in [-0.39, 0.29) is 17.5 Å². The number of allylic oxidation sites excluding steroid dienone is 1. The van der Waals surface area contributed by atoms with Gasteiger partial charge in [0.2, 0.25) is 0 Å². The summed E-state index contributed by atoms with van der Waals surface area (Å²) in [5.74, 6) is 0.828. The Labute approximate surface area is 295 Å². The minimum Gasteiger partial charge on any atom is -0.497 e. The molecule has 50 heavy (non-hydrogen) atoms. The van der Waals surface area contributed by atoms with Gasteiger partial charge in [0, 0.05) is 29.1 Å². The number of nitrogens with zero attached hydrogens (tertiary/aromatic N) is 3. The number of rotatable bonds is 12. The predicted octanol–water partition coefficient (Wildman–Crippen LogP) is 8.66. The summed E-state index contributed by atoms with van der Waals surface area (Å²) in [5, 5.41) is 11.7. The third-order valence-corrected chi connectivity index (χ3v) is 9.10. The molecule has 0 N–H and O–H groups in total. The highest BCUT2D eigenvalue weighted by Crippen LogP contribution is 2.39. The highest BCUT2D eigenvalue weighted by atomic mass is 32.1. The number of hydrogen-bond acceptors (Lipinski definition) is 6. The Morgan fingerprint density at radius 2 is 1.24 bits per heavy atom. The largest absolute Gasteiger partial charge is 0.497 e. The zero-order chi connectivity index (χ0) is 34.9. The average molecular weight is 674 g/mol. The molecule has 7 nitrogen and oxygen atoms in total. The molecule has 8 heteroatoms. The summed E-state index contributed by atoms with van der Waals surface area (Å²) in [6.07, 6.45) is 3.09. The van der Waals surface area contributed by atoms with Crippen LogP contribution in [0.3, 0.4) is 0 Å². The quantitative estimate of drug-likeness (QED) is 0.0435. The molecule has 1 aliphatic heterocycles. The lowest BCUT2D eigenvalue weighted by atomic mass is 9.85. The van der Waals surface area contributed by atoms with Gasteiger partial charge in [0.15, 0.2) is 0 Å². The molecule has 0 atom stereocenters. The van der Waals surface area contributed by atoms with Crippen molar-refractivity contribution < 1.29 is 19.1 Å². The van der Waals surface area contributed by atoms with Gasteiger partial charge < -0.3 is 9.47 Å². The zero-order valence-corrected chi connectivity index (χ0v) is 28.0. The number of methoxy groups -OCH3 is 1. The van der Waals surface area contributed by atoms with Gasteiger partial charge in [-0.05, 0) is 81.1 Å². The number of imide groups is 1. The third kappa shape index (κ3) is 7.32. The maximum Gasteiger partial charge on any atom is 0.270 e.